The van der Waals surface area contributed by atoms with Crippen molar-refractivity contribution in [1.29, 1.82) is 0 Å². The molecule has 1 N–H and O–H groups in total. The number of aryl methyl sites for hydroxylation is 4. The predicted octanol–water partition coefficient (Wildman–Crippen LogP) is 5.78. The SMILES string of the molecule is COc1ccccc1C1C(C(=O)c2sc(C)nc2C)=C(O)C(=O)N1c1nc2c(C)cc(C)cc2s1. The van der Waals surface area contributed by atoms with Crippen LogP contribution < -0.4 is 9.64 Å². The highest BCUT2D eigenvalue weighted by molar-refractivity contribution is 7.22. The van der Waals surface area contributed by atoms with Gasteiger partial charge in [0.15, 0.2) is 10.9 Å². The minimum atomic E-state index is -0.907. The molecule has 5 rings (SSSR count). The summed E-state index contributed by atoms with van der Waals surface area (Å²) < 4.78 is 6.52. The quantitative estimate of drug-likeness (QED) is 0.346. The lowest BCUT2D eigenvalue weighted by Gasteiger charge is -2.25. The lowest BCUT2D eigenvalue weighted by Crippen LogP contribution is -2.31. The second kappa shape index (κ2) is 8.58. The van der Waals surface area contributed by atoms with Crippen molar-refractivity contribution in [2.75, 3.05) is 12.0 Å². The van der Waals surface area contributed by atoms with Gasteiger partial charge in [-0.1, -0.05) is 35.6 Å². The number of amides is 1. The summed E-state index contributed by atoms with van der Waals surface area (Å²) in [6.45, 7) is 7.55. The van der Waals surface area contributed by atoms with E-state index in [1.165, 1.54) is 34.7 Å². The molecule has 0 spiro atoms. The van der Waals surface area contributed by atoms with Gasteiger partial charge < -0.3 is 9.84 Å². The van der Waals surface area contributed by atoms with Gasteiger partial charge in [0, 0.05) is 5.56 Å². The summed E-state index contributed by atoms with van der Waals surface area (Å²) in [5.74, 6) is -1.17. The maximum absolute atomic E-state index is 13.8. The van der Waals surface area contributed by atoms with Crippen LogP contribution in [-0.2, 0) is 4.79 Å². The third kappa shape index (κ3) is 3.71. The highest BCUT2D eigenvalue weighted by Crippen LogP contribution is 2.47. The van der Waals surface area contributed by atoms with Gasteiger partial charge >= 0.3 is 0 Å². The van der Waals surface area contributed by atoms with Crippen LogP contribution in [0.2, 0.25) is 0 Å². The molecule has 2 aromatic carbocycles. The Morgan fingerprint density at radius 2 is 1.83 bits per heavy atom. The Hall–Kier alpha value is -3.56. The molecule has 1 amide bonds. The molecule has 7 nitrogen and oxygen atoms in total. The fourth-order valence-electron chi connectivity index (χ4n) is 4.55. The number of thiazole rings is 2. The molecular formula is C26H23N3O4S2. The first-order chi connectivity index (χ1) is 16.7. The largest absolute Gasteiger partial charge is 0.503 e. The Morgan fingerprint density at radius 3 is 2.51 bits per heavy atom. The summed E-state index contributed by atoms with van der Waals surface area (Å²) in [5.41, 5.74) is 4.02. The third-order valence-corrected chi connectivity index (χ3v) is 8.09. The van der Waals surface area contributed by atoms with E-state index in [0.29, 0.717) is 27.0 Å². The first-order valence-corrected chi connectivity index (χ1v) is 12.6. The molecule has 1 unspecified atom stereocenters. The summed E-state index contributed by atoms with van der Waals surface area (Å²) >= 11 is 2.60. The number of carbonyl (C=O) groups is 2. The average molecular weight is 506 g/mol. The van der Waals surface area contributed by atoms with E-state index in [2.05, 4.69) is 4.98 Å². The van der Waals surface area contributed by atoms with E-state index < -0.39 is 23.5 Å². The van der Waals surface area contributed by atoms with E-state index in [4.69, 9.17) is 9.72 Å². The van der Waals surface area contributed by atoms with Crippen LogP contribution in [0.3, 0.4) is 0 Å². The summed E-state index contributed by atoms with van der Waals surface area (Å²) in [4.78, 5) is 38.2. The van der Waals surface area contributed by atoms with Gasteiger partial charge in [-0.15, -0.1) is 11.3 Å². The number of ketones is 1. The van der Waals surface area contributed by atoms with Crippen LogP contribution in [0.1, 0.15) is 43.1 Å². The van der Waals surface area contributed by atoms with Crippen molar-refractivity contribution in [2.24, 2.45) is 0 Å². The van der Waals surface area contributed by atoms with E-state index in [9.17, 15) is 14.7 Å². The molecule has 0 saturated heterocycles. The Kier molecular flexibility index (Phi) is 5.69. The van der Waals surface area contributed by atoms with Crippen LogP contribution in [-0.4, -0.2) is 33.9 Å². The van der Waals surface area contributed by atoms with Gasteiger partial charge in [-0.05, 0) is 51.0 Å². The number of anilines is 1. The number of aliphatic hydroxyl groups is 1. The summed E-state index contributed by atoms with van der Waals surface area (Å²) in [6, 6.07) is 10.3. The number of hydrogen-bond acceptors (Lipinski definition) is 8. The van der Waals surface area contributed by atoms with Crippen molar-refractivity contribution in [2.45, 2.75) is 33.7 Å². The molecule has 1 atom stereocenters. The van der Waals surface area contributed by atoms with E-state index >= 15 is 0 Å². The lowest BCUT2D eigenvalue weighted by atomic mass is 9.94. The number of rotatable bonds is 5. The van der Waals surface area contributed by atoms with Gasteiger partial charge in [-0.25, -0.2) is 9.97 Å². The number of ether oxygens (including phenoxy) is 1. The Balaban J connectivity index is 1.73. The molecule has 0 aliphatic carbocycles. The van der Waals surface area contributed by atoms with Gasteiger partial charge in [-0.3, -0.25) is 14.5 Å². The van der Waals surface area contributed by atoms with Crippen LogP contribution in [0.4, 0.5) is 5.13 Å². The van der Waals surface area contributed by atoms with E-state index in [0.717, 1.165) is 26.4 Å². The van der Waals surface area contributed by atoms with Crippen LogP contribution in [0, 0.1) is 27.7 Å². The molecule has 9 heteroatoms. The molecule has 2 aromatic heterocycles. The maximum atomic E-state index is 13.8. The molecule has 0 bridgehead atoms. The predicted molar refractivity (Wildman–Crippen MR) is 138 cm³/mol. The van der Waals surface area contributed by atoms with Crippen molar-refractivity contribution in [3.05, 3.63) is 80.0 Å². The van der Waals surface area contributed by atoms with Crippen LogP contribution >= 0.6 is 22.7 Å². The van der Waals surface area contributed by atoms with Crippen LogP contribution in [0.15, 0.2) is 47.7 Å². The second-order valence-electron chi connectivity index (χ2n) is 8.48. The summed E-state index contributed by atoms with van der Waals surface area (Å²) in [5, 5.41) is 12.2. The summed E-state index contributed by atoms with van der Waals surface area (Å²) in [6.07, 6.45) is 0. The lowest BCUT2D eigenvalue weighted by molar-refractivity contribution is -0.117. The van der Waals surface area contributed by atoms with Gasteiger partial charge in [0.1, 0.15) is 11.8 Å². The van der Waals surface area contributed by atoms with E-state index in [1.54, 1.807) is 19.1 Å². The first kappa shape index (κ1) is 23.2. The van der Waals surface area contributed by atoms with Crippen molar-refractivity contribution in [3.63, 3.8) is 0 Å². The normalized spacial score (nSPS) is 16.0. The molecular weight excluding hydrogens is 482 g/mol. The number of aliphatic hydroxyl groups excluding tert-OH is 1. The van der Waals surface area contributed by atoms with Crippen molar-refractivity contribution in [1.82, 2.24) is 9.97 Å². The smallest absolute Gasteiger partial charge is 0.296 e. The number of methoxy groups -OCH3 is 1. The highest BCUT2D eigenvalue weighted by atomic mass is 32.1. The molecule has 0 radical (unpaired) electrons. The molecule has 1 aliphatic heterocycles. The number of carbonyl (C=O) groups excluding carboxylic acids is 2. The molecule has 35 heavy (non-hydrogen) atoms. The number of benzene rings is 2. The number of hydrogen-bond donors (Lipinski definition) is 1. The zero-order chi connectivity index (χ0) is 25.0. The fourth-order valence-corrected chi connectivity index (χ4v) is 6.59. The number of aromatic nitrogens is 2. The molecule has 1 aliphatic rings. The average Bonchev–Trinajstić information content (AvgIpc) is 3.47. The summed E-state index contributed by atoms with van der Waals surface area (Å²) in [7, 11) is 1.53. The first-order valence-electron chi connectivity index (χ1n) is 11.0. The minimum absolute atomic E-state index is 0.00147. The second-order valence-corrected chi connectivity index (χ2v) is 10.7. The number of para-hydroxylation sites is 1. The Labute approximate surface area is 210 Å². The topological polar surface area (TPSA) is 92.6 Å². The molecule has 0 saturated carbocycles. The van der Waals surface area contributed by atoms with E-state index in [1.807, 2.05) is 45.0 Å². The third-order valence-electron chi connectivity index (χ3n) is 6.02. The Bertz CT molecular complexity index is 1550. The van der Waals surface area contributed by atoms with Gasteiger partial charge in [0.2, 0.25) is 5.78 Å². The van der Waals surface area contributed by atoms with Gasteiger partial charge in [0.05, 0.1) is 38.5 Å². The van der Waals surface area contributed by atoms with Crippen molar-refractivity contribution in [3.8, 4) is 5.75 Å². The zero-order valence-corrected chi connectivity index (χ0v) is 21.5. The molecule has 0 fully saturated rings. The highest BCUT2D eigenvalue weighted by Gasteiger charge is 2.47. The monoisotopic (exact) mass is 505 g/mol. The minimum Gasteiger partial charge on any atom is -0.503 e. The molecule has 178 valence electrons. The standard InChI is InChI=1S/C26H23N3O4S2/c1-12-10-13(2)20-18(11-12)35-26(28-20)29-21(16-8-6-7-9-17(16)33-5)19(23(31)25(29)32)22(30)24-14(3)27-15(4)34-24/h6-11,21,31H,1-5H3. The van der Waals surface area contributed by atoms with Crippen molar-refractivity contribution < 1.29 is 19.4 Å². The van der Waals surface area contributed by atoms with Crippen molar-refractivity contribution >= 4 is 49.7 Å². The number of fused-ring (bicyclic) bond motifs is 1. The maximum Gasteiger partial charge on any atom is 0.296 e. The number of Topliss-reactive ketones (excluding diaryl/α,β-unsaturated/α-hetero) is 1. The molecule has 3 heterocycles. The Morgan fingerprint density at radius 1 is 1.09 bits per heavy atom. The van der Waals surface area contributed by atoms with Gasteiger partial charge in [0.25, 0.3) is 5.91 Å². The molecule has 4 aromatic rings. The van der Waals surface area contributed by atoms with Crippen LogP contribution in [0.5, 0.6) is 5.75 Å². The van der Waals surface area contributed by atoms with Gasteiger partial charge in [-0.2, -0.15) is 0 Å². The fraction of sp³-hybridized carbons (Fsp3) is 0.231. The van der Waals surface area contributed by atoms with Crippen LogP contribution in [0.25, 0.3) is 10.2 Å². The van der Waals surface area contributed by atoms with E-state index in [-0.39, 0.29) is 5.57 Å². The zero-order valence-electron chi connectivity index (χ0n) is 19.9. The number of nitrogens with zero attached hydrogens (tertiary/aromatic N) is 3.